The third kappa shape index (κ3) is 7.14. The first-order chi connectivity index (χ1) is 13.2. The maximum Gasteiger partial charge on any atom is 0.426 e. The summed E-state index contributed by atoms with van der Waals surface area (Å²) in [7, 11) is 0. The van der Waals surface area contributed by atoms with Crippen molar-refractivity contribution in [1.29, 1.82) is 0 Å². The quantitative estimate of drug-likeness (QED) is 0.596. The Morgan fingerprint density at radius 3 is 2.54 bits per heavy atom. The van der Waals surface area contributed by atoms with Crippen LogP contribution in [0.5, 0.6) is 0 Å². The molecule has 0 fully saturated rings. The van der Waals surface area contributed by atoms with Crippen molar-refractivity contribution in [3.05, 3.63) is 76.9 Å². The Bertz CT molecular complexity index is 864. The molecule has 28 heavy (non-hydrogen) atoms. The fraction of sp³-hybridized carbons (Fsp3) is 0.200. The monoisotopic (exact) mass is 392 g/mol. The maximum atomic E-state index is 12.6. The van der Waals surface area contributed by atoms with Crippen LogP contribution in [-0.2, 0) is 22.1 Å². The van der Waals surface area contributed by atoms with Crippen molar-refractivity contribution in [2.75, 3.05) is 6.61 Å². The summed E-state index contributed by atoms with van der Waals surface area (Å²) in [4.78, 5) is 23.2. The second-order valence-electron chi connectivity index (χ2n) is 5.95. The number of ether oxygens (including phenoxy) is 1. The van der Waals surface area contributed by atoms with Gasteiger partial charge in [-0.2, -0.15) is 13.2 Å². The summed E-state index contributed by atoms with van der Waals surface area (Å²) in [6, 6.07) is 12.3. The molecule has 2 aromatic carbocycles. The van der Waals surface area contributed by atoms with Gasteiger partial charge in [-0.3, -0.25) is 10.2 Å². The molecule has 0 aliphatic heterocycles. The molecule has 0 bridgehead atoms. The minimum Gasteiger partial charge on any atom is -0.448 e. The first-order valence-corrected chi connectivity index (χ1v) is 8.37. The lowest BCUT2D eigenvalue weighted by Gasteiger charge is -2.08. The molecule has 2 N–H and O–H groups in total. The number of hydrazine groups is 1. The van der Waals surface area contributed by atoms with Gasteiger partial charge in [0.1, 0.15) is 0 Å². The molecule has 0 spiro atoms. The summed E-state index contributed by atoms with van der Waals surface area (Å²) in [5, 5.41) is 0. The number of aryl methyl sites for hydroxylation is 1. The summed E-state index contributed by atoms with van der Waals surface area (Å²) in [6.45, 7) is 2.09. The maximum absolute atomic E-state index is 12.6. The van der Waals surface area contributed by atoms with Crippen molar-refractivity contribution in [2.45, 2.75) is 19.5 Å². The number of amides is 2. The Balaban J connectivity index is 1.74. The minimum absolute atomic E-state index is 0.130. The van der Waals surface area contributed by atoms with Crippen LogP contribution in [0.1, 0.15) is 22.3 Å². The van der Waals surface area contributed by atoms with Gasteiger partial charge in [-0.1, -0.05) is 42.0 Å². The number of rotatable bonds is 5. The van der Waals surface area contributed by atoms with Crippen molar-refractivity contribution < 1.29 is 27.5 Å². The summed E-state index contributed by atoms with van der Waals surface area (Å²) in [6.07, 6.45) is -2.57. The summed E-state index contributed by atoms with van der Waals surface area (Å²) in [5.74, 6) is -0.715. The molecule has 2 amide bonds. The Morgan fingerprint density at radius 1 is 1.07 bits per heavy atom. The Hall–Kier alpha value is -3.29. The van der Waals surface area contributed by atoms with Crippen LogP contribution in [0.4, 0.5) is 18.0 Å². The highest BCUT2D eigenvalue weighted by Crippen LogP contribution is 2.29. The lowest BCUT2D eigenvalue weighted by Crippen LogP contribution is -2.41. The van der Waals surface area contributed by atoms with Crippen LogP contribution in [0.2, 0.25) is 0 Å². The number of nitrogens with one attached hydrogen (secondary N) is 2. The Kier molecular flexibility index (Phi) is 7.20. The predicted octanol–water partition coefficient (Wildman–Crippen LogP) is 4.03. The van der Waals surface area contributed by atoms with Gasteiger partial charge in [-0.25, -0.2) is 10.2 Å². The Labute approximate surface area is 160 Å². The number of carbonyl (C=O) groups excluding carboxylic acids is 2. The van der Waals surface area contributed by atoms with Crippen LogP contribution in [-0.4, -0.2) is 18.6 Å². The number of hydrogen-bond acceptors (Lipinski definition) is 3. The van der Waals surface area contributed by atoms with Gasteiger partial charge in [-0.15, -0.1) is 0 Å². The van der Waals surface area contributed by atoms with E-state index >= 15 is 0 Å². The smallest absolute Gasteiger partial charge is 0.426 e. The van der Waals surface area contributed by atoms with Crippen molar-refractivity contribution >= 4 is 18.1 Å². The molecular weight excluding hydrogens is 373 g/mol. The second-order valence-corrected chi connectivity index (χ2v) is 5.95. The molecule has 0 heterocycles. The number of carbonyl (C=O) groups is 2. The van der Waals surface area contributed by atoms with E-state index in [9.17, 15) is 22.8 Å². The largest absolute Gasteiger partial charge is 0.448 e. The lowest BCUT2D eigenvalue weighted by atomic mass is 10.1. The molecule has 8 heteroatoms. The topological polar surface area (TPSA) is 67.4 Å². The molecule has 5 nitrogen and oxygen atoms in total. The molecule has 0 saturated heterocycles. The van der Waals surface area contributed by atoms with Crippen molar-refractivity contribution in [1.82, 2.24) is 10.9 Å². The molecule has 2 aromatic rings. The normalized spacial score (nSPS) is 11.3. The highest BCUT2D eigenvalue weighted by molar-refractivity contribution is 5.92. The van der Waals surface area contributed by atoms with E-state index in [0.29, 0.717) is 6.42 Å². The fourth-order valence-corrected chi connectivity index (χ4v) is 2.31. The van der Waals surface area contributed by atoms with E-state index in [4.69, 9.17) is 4.74 Å². The van der Waals surface area contributed by atoms with Gasteiger partial charge in [0.05, 0.1) is 12.2 Å². The zero-order valence-electron chi connectivity index (χ0n) is 15.0. The van der Waals surface area contributed by atoms with Crippen LogP contribution >= 0.6 is 0 Å². The second kappa shape index (κ2) is 9.59. The van der Waals surface area contributed by atoms with E-state index < -0.39 is 23.7 Å². The summed E-state index contributed by atoms with van der Waals surface area (Å²) in [5.41, 5.74) is 5.64. The average Bonchev–Trinajstić information content (AvgIpc) is 2.64. The molecule has 148 valence electrons. The van der Waals surface area contributed by atoms with Crippen LogP contribution in [0.25, 0.3) is 6.08 Å². The zero-order valence-corrected chi connectivity index (χ0v) is 15.0. The van der Waals surface area contributed by atoms with E-state index in [2.05, 4.69) is 10.9 Å². The fourth-order valence-electron chi connectivity index (χ4n) is 2.31. The summed E-state index contributed by atoms with van der Waals surface area (Å²) < 4.78 is 42.9. The molecule has 0 saturated carbocycles. The predicted molar refractivity (Wildman–Crippen MR) is 98.0 cm³/mol. The third-order valence-electron chi connectivity index (χ3n) is 3.64. The minimum atomic E-state index is -4.46. The Morgan fingerprint density at radius 2 is 1.82 bits per heavy atom. The summed E-state index contributed by atoms with van der Waals surface area (Å²) >= 11 is 0. The highest BCUT2D eigenvalue weighted by atomic mass is 19.4. The van der Waals surface area contributed by atoms with Gasteiger partial charge in [0.2, 0.25) is 0 Å². The number of alkyl halides is 3. The van der Waals surface area contributed by atoms with Crippen LogP contribution in [0, 0.1) is 6.92 Å². The van der Waals surface area contributed by atoms with Gasteiger partial charge in [0.15, 0.2) is 0 Å². The SMILES string of the molecule is Cc1cccc(CCOC(=O)NNC(=O)/C=C/c2cccc(C(F)(F)F)c2)c1. The number of halogens is 3. The van der Waals surface area contributed by atoms with Gasteiger partial charge in [0.25, 0.3) is 5.91 Å². The molecule has 0 aromatic heterocycles. The van der Waals surface area contributed by atoms with Crippen LogP contribution < -0.4 is 10.9 Å². The molecule has 0 unspecified atom stereocenters. The van der Waals surface area contributed by atoms with E-state index in [1.54, 1.807) is 0 Å². The molecule has 2 rings (SSSR count). The van der Waals surface area contributed by atoms with E-state index in [1.807, 2.05) is 31.2 Å². The molecule has 0 aliphatic rings. The number of hydrogen-bond donors (Lipinski definition) is 2. The van der Waals surface area contributed by atoms with E-state index in [-0.39, 0.29) is 12.2 Å². The van der Waals surface area contributed by atoms with Crippen molar-refractivity contribution in [3.63, 3.8) is 0 Å². The first kappa shape index (κ1) is 21.0. The highest BCUT2D eigenvalue weighted by Gasteiger charge is 2.30. The number of benzene rings is 2. The average molecular weight is 392 g/mol. The van der Waals surface area contributed by atoms with Crippen molar-refractivity contribution in [2.24, 2.45) is 0 Å². The molecule has 0 radical (unpaired) electrons. The van der Waals surface area contributed by atoms with Gasteiger partial charge in [-0.05, 0) is 36.3 Å². The van der Waals surface area contributed by atoms with E-state index in [0.717, 1.165) is 29.3 Å². The lowest BCUT2D eigenvalue weighted by molar-refractivity contribution is -0.137. The van der Waals surface area contributed by atoms with Gasteiger partial charge in [0, 0.05) is 12.5 Å². The molecule has 0 atom stereocenters. The standard InChI is InChI=1S/C20H19F3N2O3/c1-14-4-2-5-16(12-14)10-11-28-19(27)25-24-18(26)9-8-15-6-3-7-17(13-15)20(21,22)23/h2-9,12-13H,10-11H2,1H3,(H,24,26)(H,25,27)/b9-8+. The van der Waals surface area contributed by atoms with Crippen LogP contribution in [0.15, 0.2) is 54.6 Å². The van der Waals surface area contributed by atoms with E-state index in [1.165, 1.54) is 18.2 Å². The first-order valence-electron chi connectivity index (χ1n) is 8.37. The van der Waals surface area contributed by atoms with Gasteiger partial charge < -0.3 is 4.74 Å². The zero-order chi connectivity index (χ0) is 20.6. The van der Waals surface area contributed by atoms with Crippen molar-refractivity contribution in [3.8, 4) is 0 Å². The van der Waals surface area contributed by atoms with Crippen LogP contribution in [0.3, 0.4) is 0 Å². The van der Waals surface area contributed by atoms with Gasteiger partial charge >= 0.3 is 12.3 Å². The molecule has 0 aliphatic carbocycles. The molecular formula is C20H19F3N2O3. The third-order valence-corrected chi connectivity index (χ3v) is 3.64.